The number of nitrogens with zero attached hydrogens (tertiary/aromatic N) is 2. The molecule has 2 unspecified atom stereocenters. The second kappa shape index (κ2) is 17.1. The van der Waals surface area contributed by atoms with Crippen LogP contribution in [0.15, 0.2) is 47.5 Å². The molecule has 0 fully saturated rings. The van der Waals surface area contributed by atoms with Crippen molar-refractivity contribution >= 4 is 5.84 Å². The number of aliphatic hydroxyl groups is 1. The highest BCUT2D eigenvalue weighted by Crippen LogP contribution is 2.26. The average molecular weight is 456 g/mol. The third-order valence-electron chi connectivity index (χ3n) is 7.24. The molecule has 186 valence electrons. The van der Waals surface area contributed by atoms with Gasteiger partial charge in [0.25, 0.3) is 0 Å². The van der Waals surface area contributed by atoms with Gasteiger partial charge in [0.15, 0.2) is 6.23 Å². The zero-order valence-corrected chi connectivity index (χ0v) is 21.7. The Bertz CT molecular complexity index is 667. The molecule has 2 rings (SSSR count). The lowest BCUT2D eigenvalue weighted by atomic mass is 10.1. The monoisotopic (exact) mass is 455 g/mol. The van der Waals surface area contributed by atoms with Crippen LogP contribution >= 0.6 is 0 Å². The molecule has 0 spiro atoms. The first-order chi connectivity index (χ1) is 16.2. The molecule has 0 bridgehead atoms. The second-order valence-electron chi connectivity index (χ2n) is 10.0. The van der Waals surface area contributed by atoms with E-state index in [9.17, 15) is 5.11 Å². The van der Waals surface area contributed by atoms with Crippen LogP contribution in [-0.4, -0.2) is 34.7 Å². The van der Waals surface area contributed by atoms with Crippen molar-refractivity contribution in [3.05, 3.63) is 48.0 Å². The number of amidine groups is 1. The number of hydrogen-bond acceptors (Lipinski definition) is 2. The van der Waals surface area contributed by atoms with Crippen LogP contribution < -0.4 is 0 Å². The highest BCUT2D eigenvalue weighted by Gasteiger charge is 2.41. The lowest BCUT2D eigenvalue weighted by molar-refractivity contribution is -0.896. The first-order valence-electron chi connectivity index (χ1n) is 14.0. The molecular weight excluding hydrogens is 404 g/mol. The van der Waals surface area contributed by atoms with Crippen LogP contribution in [0.4, 0.5) is 0 Å². The van der Waals surface area contributed by atoms with Crippen molar-refractivity contribution in [2.45, 2.75) is 123 Å². The number of benzene rings is 1. The Kier molecular flexibility index (Phi) is 14.4. The quantitative estimate of drug-likeness (QED) is 0.127. The summed E-state index contributed by atoms with van der Waals surface area (Å²) in [5.41, 5.74) is 1.29. The summed E-state index contributed by atoms with van der Waals surface area (Å²) in [7, 11) is 0. The van der Waals surface area contributed by atoms with Gasteiger partial charge in [-0.25, -0.2) is 9.48 Å². The van der Waals surface area contributed by atoms with Crippen LogP contribution in [0.1, 0.15) is 116 Å². The van der Waals surface area contributed by atoms with E-state index in [0.717, 1.165) is 26.1 Å². The first kappa shape index (κ1) is 27.8. The summed E-state index contributed by atoms with van der Waals surface area (Å²) in [6, 6.07) is 10.6. The highest BCUT2D eigenvalue weighted by atomic mass is 16.3. The van der Waals surface area contributed by atoms with E-state index in [-0.39, 0.29) is 0 Å². The van der Waals surface area contributed by atoms with E-state index in [1.165, 1.54) is 101 Å². The average Bonchev–Trinajstić information content (AvgIpc) is 3.23. The van der Waals surface area contributed by atoms with E-state index in [1.807, 2.05) is 6.92 Å². The van der Waals surface area contributed by atoms with Gasteiger partial charge in [0.05, 0.1) is 6.54 Å². The maximum atomic E-state index is 10.7. The van der Waals surface area contributed by atoms with Gasteiger partial charge in [0.2, 0.25) is 5.84 Å². The molecular formula is C30H51N2O+. The minimum atomic E-state index is -0.402. The molecule has 3 nitrogen and oxygen atoms in total. The normalized spacial score (nSPS) is 19.3. The smallest absolute Gasteiger partial charge is 0.200 e. The highest BCUT2D eigenvalue weighted by molar-refractivity contribution is 5.77. The molecule has 0 aliphatic carbocycles. The number of unbranched alkanes of at least 4 members (excludes halogenated alkanes) is 12. The standard InChI is InChI=1S/C30H51N2O/c1-3-4-5-6-7-8-9-10-11-12-13-14-15-16-17-21-24-30-31-25-26-32(30,28(2)33)27-29-22-19-18-20-23-29/h10-11,18-20,22-23,28,33H,3-9,12-17,21,24-27H2,1-2H3/q+1. The molecule has 1 heterocycles. The summed E-state index contributed by atoms with van der Waals surface area (Å²) < 4.78 is 0.634. The minimum Gasteiger partial charge on any atom is -0.345 e. The molecule has 1 aliphatic rings. The van der Waals surface area contributed by atoms with Crippen molar-refractivity contribution in [2.75, 3.05) is 13.1 Å². The SMILES string of the molecule is CCCCCCCCC=CCCCCCCCCC1=NCC[N+]1(Cc1ccccc1)C(C)O. The molecule has 1 aromatic rings. The van der Waals surface area contributed by atoms with Gasteiger partial charge in [-0.3, -0.25) is 0 Å². The molecule has 0 saturated carbocycles. The largest absolute Gasteiger partial charge is 0.345 e. The fourth-order valence-electron chi connectivity index (χ4n) is 5.07. The van der Waals surface area contributed by atoms with Crippen LogP contribution in [0, 0.1) is 0 Å². The predicted octanol–water partition coefficient (Wildman–Crippen LogP) is 8.18. The van der Waals surface area contributed by atoms with Crippen molar-refractivity contribution in [1.29, 1.82) is 0 Å². The molecule has 1 N–H and O–H groups in total. The third-order valence-corrected chi connectivity index (χ3v) is 7.24. The molecule has 3 heteroatoms. The number of allylic oxidation sites excluding steroid dienone is 2. The van der Waals surface area contributed by atoms with E-state index in [1.54, 1.807) is 0 Å². The summed E-state index contributed by atoms with van der Waals surface area (Å²) in [6.07, 6.45) is 24.1. The zero-order chi connectivity index (χ0) is 23.6. The van der Waals surface area contributed by atoms with Crippen molar-refractivity contribution in [2.24, 2.45) is 4.99 Å². The fourth-order valence-corrected chi connectivity index (χ4v) is 5.07. The number of hydrogen-bond donors (Lipinski definition) is 1. The van der Waals surface area contributed by atoms with Crippen molar-refractivity contribution < 1.29 is 9.59 Å². The van der Waals surface area contributed by atoms with Crippen molar-refractivity contribution in [3.8, 4) is 0 Å². The number of aliphatic imine (C=N–C) groups is 1. The maximum absolute atomic E-state index is 10.7. The van der Waals surface area contributed by atoms with Crippen LogP contribution in [0.5, 0.6) is 0 Å². The Balaban J connectivity index is 1.52. The third kappa shape index (κ3) is 10.6. The Hall–Kier alpha value is -1.45. The molecule has 0 saturated heterocycles. The molecule has 0 radical (unpaired) electrons. The summed E-state index contributed by atoms with van der Waals surface area (Å²) >= 11 is 0. The molecule has 1 aliphatic heterocycles. The molecule has 1 aromatic carbocycles. The minimum absolute atomic E-state index is 0.402. The van der Waals surface area contributed by atoms with Gasteiger partial charge in [-0.05, 0) is 32.1 Å². The summed E-state index contributed by atoms with van der Waals surface area (Å²) in [6.45, 7) is 6.84. The fraction of sp³-hybridized carbons (Fsp3) is 0.700. The van der Waals surface area contributed by atoms with Crippen LogP contribution in [-0.2, 0) is 6.54 Å². The van der Waals surface area contributed by atoms with Crippen LogP contribution in [0.3, 0.4) is 0 Å². The Labute approximate surface area is 204 Å². The van der Waals surface area contributed by atoms with Gasteiger partial charge in [-0.15, -0.1) is 0 Å². The first-order valence-corrected chi connectivity index (χ1v) is 14.0. The van der Waals surface area contributed by atoms with Gasteiger partial charge in [0, 0.05) is 18.9 Å². The van der Waals surface area contributed by atoms with Gasteiger partial charge in [0.1, 0.15) is 13.1 Å². The van der Waals surface area contributed by atoms with Crippen molar-refractivity contribution in [3.63, 3.8) is 0 Å². The number of quaternary nitrogens is 1. The van der Waals surface area contributed by atoms with Crippen LogP contribution in [0.25, 0.3) is 0 Å². The van der Waals surface area contributed by atoms with E-state index in [4.69, 9.17) is 4.99 Å². The number of aliphatic hydroxyl groups excluding tert-OH is 1. The second-order valence-corrected chi connectivity index (χ2v) is 10.0. The maximum Gasteiger partial charge on any atom is 0.200 e. The Morgan fingerprint density at radius 2 is 1.42 bits per heavy atom. The molecule has 2 atom stereocenters. The topological polar surface area (TPSA) is 32.6 Å². The zero-order valence-electron chi connectivity index (χ0n) is 21.7. The van der Waals surface area contributed by atoms with E-state index in [2.05, 4.69) is 49.4 Å². The Morgan fingerprint density at radius 3 is 2.03 bits per heavy atom. The van der Waals surface area contributed by atoms with E-state index in [0.29, 0.717) is 4.48 Å². The van der Waals surface area contributed by atoms with Gasteiger partial charge >= 0.3 is 0 Å². The van der Waals surface area contributed by atoms with Gasteiger partial charge < -0.3 is 5.11 Å². The van der Waals surface area contributed by atoms with E-state index < -0.39 is 6.23 Å². The summed E-state index contributed by atoms with van der Waals surface area (Å²) in [4.78, 5) is 4.84. The summed E-state index contributed by atoms with van der Waals surface area (Å²) in [5.74, 6) is 1.21. The van der Waals surface area contributed by atoms with Gasteiger partial charge in [-0.1, -0.05) is 107 Å². The predicted molar refractivity (Wildman–Crippen MR) is 143 cm³/mol. The molecule has 33 heavy (non-hydrogen) atoms. The van der Waals surface area contributed by atoms with Gasteiger partial charge in [-0.2, -0.15) is 0 Å². The van der Waals surface area contributed by atoms with Crippen molar-refractivity contribution in [1.82, 2.24) is 0 Å². The lowest BCUT2D eigenvalue weighted by Crippen LogP contribution is -2.56. The number of rotatable bonds is 19. The lowest BCUT2D eigenvalue weighted by Gasteiger charge is -2.37. The summed E-state index contributed by atoms with van der Waals surface area (Å²) in [5, 5.41) is 10.7. The van der Waals surface area contributed by atoms with Crippen LogP contribution in [0.2, 0.25) is 0 Å². The van der Waals surface area contributed by atoms with E-state index >= 15 is 0 Å². The molecule has 0 amide bonds. The Morgan fingerprint density at radius 1 is 0.848 bits per heavy atom. The molecule has 0 aromatic heterocycles.